The molecule has 0 atom stereocenters. The maximum absolute atomic E-state index is 12.9. The molecule has 0 spiro atoms. The molecule has 4 rings (SSSR count). The molecule has 2 aromatic heterocycles. The molecule has 29 heavy (non-hydrogen) atoms. The van der Waals surface area contributed by atoms with E-state index in [2.05, 4.69) is 0 Å². The predicted octanol–water partition coefficient (Wildman–Crippen LogP) is 5.44. The summed E-state index contributed by atoms with van der Waals surface area (Å²) in [5, 5.41) is 10.2. The number of alkyl halides is 3. The minimum Gasteiger partial charge on any atom is -0.477 e. The van der Waals surface area contributed by atoms with Crippen LogP contribution in [0.5, 0.6) is 0 Å². The number of aromatic nitrogens is 1. The number of carbonyl (C=O) groups is 1. The normalized spacial score (nSPS) is 11.7. The van der Waals surface area contributed by atoms with Gasteiger partial charge in [-0.1, -0.05) is 30.3 Å². The third kappa shape index (κ3) is 3.31. The molecule has 4 nitrogen and oxygen atoms in total. The molecule has 0 unspecified atom stereocenters. The Morgan fingerprint density at radius 1 is 0.931 bits per heavy atom. The van der Waals surface area contributed by atoms with Crippen LogP contribution in [0, 0.1) is 0 Å². The van der Waals surface area contributed by atoms with Gasteiger partial charge in [0.05, 0.1) is 11.3 Å². The van der Waals surface area contributed by atoms with Crippen LogP contribution in [0.25, 0.3) is 27.0 Å². The van der Waals surface area contributed by atoms with Crippen molar-refractivity contribution < 1.29 is 23.1 Å². The van der Waals surface area contributed by atoms with Gasteiger partial charge in [0.1, 0.15) is 9.71 Å². The Hall–Kier alpha value is -3.39. The number of carboxylic acid groups (broad SMARTS) is 1. The fourth-order valence-electron chi connectivity index (χ4n) is 3.17. The SMILES string of the molecule is O=C(O)c1sc2c(ccc(=O)n2-c2ccc(C(F)(F)F)cc2)c1-c1ccccc1. The van der Waals surface area contributed by atoms with Gasteiger partial charge in [0, 0.05) is 17.0 Å². The predicted molar refractivity (Wildman–Crippen MR) is 105 cm³/mol. The minimum atomic E-state index is -4.49. The second-order valence-corrected chi connectivity index (χ2v) is 7.25. The van der Waals surface area contributed by atoms with Gasteiger partial charge >= 0.3 is 12.1 Å². The summed E-state index contributed by atoms with van der Waals surface area (Å²) in [6.45, 7) is 0. The van der Waals surface area contributed by atoms with E-state index in [1.165, 1.54) is 22.8 Å². The highest BCUT2D eigenvalue weighted by Crippen LogP contribution is 2.39. The molecular formula is C21H12F3NO3S. The van der Waals surface area contributed by atoms with Gasteiger partial charge in [0.2, 0.25) is 0 Å². The number of halogens is 3. The Balaban J connectivity index is 2.00. The Kier molecular flexibility index (Phi) is 4.50. The summed E-state index contributed by atoms with van der Waals surface area (Å²) in [7, 11) is 0. The molecule has 0 fully saturated rings. The summed E-state index contributed by atoms with van der Waals surface area (Å²) in [6.07, 6.45) is -4.49. The minimum absolute atomic E-state index is 0.0532. The highest BCUT2D eigenvalue weighted by Gasteiger charge is 2.30. The van der Waals surface area contributed by atoms with E-state index in [0.717, 1.165) is 23.5 Å². The molecule has 0 saturated carbocycles. The van der Waals surface area contributed by atoms with Crippen molar-refractivity contribution in [3.05, 3.63) is 87.5 Å². The van der Waals surface area contributed by atoms with E-state index in [-0.39, 0.29) is 10.6 Å². The van der Waals surface area contributed by atoms with E-state index in [1.807, 2.05) is 0 Å². The first kappa shape index (κ1) is 18.9. The van der Waals surface area contributed by atoms with E-state index in [0.29, 0.717) is 21.3 Å². The zero-order valence-electron chi connectivity index (χ0n) is 14.6. The molecule has 0 bridgehead atoms. The Labute approximate surface area is 166 Å². The lowest BCUT2D eigenvalue weighted by Crippen LogP contribution is -2.16. The average molecular weight is 415 g/mol. The second-order valence-electron chi connectivity index (χ2n) is 6.25. The Morgan fingerprint density at radius 3 is 2.17 bits per heavy atom. The standard InChI is InChI=1S/C21H12F3NO3S/c22-21(23,24)13-6-8-14(9-7-13)25-16(26)11-10-15-17(12-4-2-1-3-5-12)18(20(27)28)29-19(15)25/h1-11H,(H,27,28). The van der Waals surface area contributed by atoms with Gasteiger partial charge in [-0.15, -0.1) is 11.3 Å². The number of hydrogen-bond acceptors (Lipinski definition) is 3. The number of fused-ring (bicyclic) bond motifs is 1. The average Bonchev–Trinajstić information content (AvgIpc) is 3.08. The lowest BCUT2D eigenvalue weighted by molar-refractivity contribution is -0.137. The van der Waals surface area contributed by atoms with E-state index >= 15 is 0 Å². The van der Waals surface area contributed by atoms with Gasteiger partial charge in [0.15, 0.2) is 0 Å². The number of nitrogens with zero attached hydrogens (tertiary/aromatic N) is 1. The summed E-state index contributed by atoms with van der Waals surface area (Å²) in [6, 6.07) is 15.9. The number of hydrogen-bond donors (Lipinski definition) is 1. The van der Waals surface area contributed by atoms with Crippen LogP contribution >= 0.6 is 11.3 Å². The lowest BCUT2D eigenvalue weighted by atomic mass is 10.0. The van der Waals surface area contributed by atoms with Gasteiger partial charge in [-0.2, -0.15) is 13.2 Å². The third-order valence-corrected chi connectivity index (χ3v) is 5.63. The molecular weight excluding hydrogens is 403 g/mol. The zero-order valence-corrected chi connectivity index (χ0v) is 15.4. The van der Waals surface area contributed by atoms with Crippen molar-refractivity contribution in [1.82, 2.24) is 4.57 Å². The zero-order chi connectivity index (χ0) is 20.8. The van der Waals surface area contributed by atoms with Crippen LogP contribution < -0.4 is 5.56 Å². The van der Waals surface area contributed by atoms with Crippen molar-refractivity contribution in [2.75, 3.05) is 0 Å². The van der Waals surface area contributed by atoms with Crippen molar-refractivity contribution in [2.45, 2.75) is 6.18 Å². The van der Waals surface area contributed by atoms with Crippen LogP contribution in [0.2, 0.25) is 0 Å². The first-order valence-corrected chi connectivity index (χ1v) is 9.24. The van der Waals surface area contributed by atoms with Crippen LogP contribution in [-0.4, -0.2) is 15.6 Å². The molecule has 0 saturated heterocycles. The molecule has 0 aliphatic rings. The van der Waals surface area contributed by atoms with Crippen molar-refractivity contribution in [3.63, 3.8) is 0 Å². The quantitative estimate of drug-likeness (QED) is 0.485. The Bertz CT molecular complexity index is 1270. The number of benzene rings is 2. The van der Waals surface area contributed by atoms with Gasteiger partial charge in [-0.25, -0.2) is 4.79 Å². The fraction of sp³-hybridized carbons (Fsp3) is 0.0476. The fourth-order valence-corrected chi connectivity index (χ4v) is 4.35. The van der Waals surface area contributed by atoms with Crippen LogP contribution in [0.1, 0.15) is 15.2 Å². The first-order chi connectivity index (χ1) is 13.8. The summed E-state index contributed by atoms with van der Waals surface area (Å²) in [5.74, 6) is -1.14. The lowest BCUT2D eigenvalue weighted by Gasteiger charge is -2.10. The van der Waals surface area contributed by atoms with E-state index < -0.39 is 23.3 Å². The van der Waals surface area contributed by atoms with Crippen LogP contribution in [0.4, 0.5) is 13.2 Å². The summed E-state index contributed by atoms with van der Waals surface area (Å²) >= 11 is 0.913. The number of pyridine rings is 1. The second kappa shape index (κ2) is 6.89. The molecule has 2 aromatic carbocycles. The van der Waals surface area contributed by atoms with Crippen LogP contribution in [0.3, 0.4) is 0 Å². The first-order valence-electron chi connectivity index (χ1n) is 8.42. The molecule has 0 aliphatic heterocycles. The largest absolute Gasteiger partial charge is 0.477 e. The molecule has 0 aliphatic carbocycles. The maximum atomic E-state index is 12.9. The van der Waals surface area contributed by atoms with Crippen LogP contribution in [-0.2, 0) is 6.18 Å². The number of aromatic carboxylic acids is 1. The number of thiophene rings is 1. The summed E-state index contributed by atoms with van der Waals surface area (Å²) in [4.78, 5) is 24.8. The summed E-state index contributed by atoms with van der Waals surface area (Å²) < 4.78 is 39.8. The van der Waals surface area contributed by atoms with Crippen molar-refractivity contribution >= 4 is 27.5 Å². The molecule has 2 heterocycles. The monoisotopic (exact) mass is 415 g/mol. The van der Waals surface area contributed by atoms with Gasteiger partial charge in [-0.05, 0) is 35.9 Å². The summed E-state index contributed by atoms with van der Waals surface area (Å²) in [5.41, 5.74) is 0.0813. The van der Waals surface area contributed by atoms with E-state index in [1.54, 1.807) is 36.4 Å². The Morgan fingerprint density at radius 2 is 1.59 bits per heavy atom. The van der Waals surface area contributed by atoms with Crippen molar-refractivity contribution in [3.8, 4) is 16.8 Å². The van der Waals surface area contributed by atoms with Gasteiger partial charge in [-0.3, -0.25) is 9.36 Å². The molecule has 4 aromatic rings. The molecule has 8 heteroatoms. The topological polar surface area (TPSA) is 59.3 Å². The molecule has 1 N–H and O–H groups in total. The highest BCUT2D eigenvalue weighted by atomic mass is 32.1. The van der Waals surface area contributed by atoms with Crippen LogP contribution in [0.15, 0.2) is 71.5 Å². The van der Waals surface area contributed by atoms with Gasteiger partial charge in [0.25, 0.3) is 5.56 Å². The van der Waals surface area contributed by atoms with Crippen molar-refractivity contribution in [1.29, 1.82) is 0 Å². The smallest absolute Gasteiger partial charge is 0.416 e. The molecule has 0 amide bonds. The third-order valence-electron chi connectivity index (χ3n) is 4.45. The molecule has 0 radical (unpaired) electrons. The number of carboxylic acids is 1. The van der Waals surface area contributed by atoms with Gasteiger partial charge < -0.3 is 5.11 Å². The van der Waals surface area contributed by atoms with E-state index in [9.17, 15) is 27.9 Å². The highest BCUT2D eigenvalue weighted by molar-refractivity contribution is 7.21. The van der Waals surface area contributed by atoms with E-state index in [4.69, 9.17) is 0 Å². The number of rotatable bonds is 3. The van der Waals surface area contributed by atoms with Crippen molar-refractivity contribution in [2.24, 2.45) is 0 Å². The molecule has 146 valence electrons. The maximum Gasteiger partial charge on any atom is 0.416 e.